The van der Waals surface area contributed by atoms with Crippen molar-refractivity contribution in [2.75, 3.05) is 5.32 Å². The third kappa shape index (κ3) is 2.81. The molecule has 0 bridgehead atoms. The van der Waals surface area contributed by atoms with Crippen molar-refractivity contribution in [1.29, 1.82) is 5.26 Å². The molecule has 2 heterocycles. The second-order valence-electron chi connectivity index (χ2n) is 5.06. The quantitative estimate of drug-likeness (QED) is 0.795. The van der Waals surface area contributed by atoms with Crippen LogP contribution in [0, 0.1) is 23.0 Å². The smallest absolute Gasteiger partial charge is 0.152 e. The summed E-state index contributed by atoms with van der Waals surface area (Å²) in [7, 11) is 0. The molecule has 0 amide bonds. The van der Waals surface area contributed by atoms with Crippen molar-refractivity contribution in [2.24, 2.45) is 0 Å². The molecule has 4 nitrogen and oxygen atoms in total. The van der Waals surface area contributed by atoms with Gasteiger partial charge in [-0.1, -0.05) is 6.07 Å². The van der Waals surface area contributed by atoms with Gasteiger partial charge in [-0.3, -0.25) is 9.97 Å². The van der Waals surface area contributed by atoms with Gasteiger partial charge < -0.3 is 5.32 Å². The van der Waals surface area contributed by atoms with Gasteiger partial charge in [-0.05, 0) is 25.1 Å². The average Bonchev–Trinajstić information content (AvgIpc) is 2.56. The lowest BCUT2D eigenvalue weighted by Gasteiger charge is -2.17. The van der Waals surface area contributed by atoms with Crippen molar-refractivity contribution < 1.29 is 8.78 Å². The van der Waals surface area contributed by atoms with Crippen molar-refractivity contribution in [3.8, 4) is 6.07 Å². The number of nitrogens with zero attached hydrogens (tertiary/aromatic N) is 3. The molecular weight excluding hydrogens is 298 g/mol. The molecule has 0 aliphatic heterocycles. The van der Waals surface area contributed by atoms with Crippen LogP contribution in [0.25, 0.3) is 10.9 Å². The van der Waals surface area contributed by atoms with Crippen LogP contribution < -0.4 is 5.32 Å². The maximum absolute atomic E-state index is 13.9. The highest BCUT2D eigenvalue weighted by Gasteiger charge is 2.16. The van der Waals surface area contributed by atoms with E-state index in [1.54, 1.807) is 12.3 Å². The minimum atomic E-state index is -0.766. The number of rotatable bonds is 3. The minimum Gasteiger partial charge on any atom is -0.375 e. The number of nitrogens with one attached hydrogen (secondary N) is 1. The molecule has 0 spiro atoms. The lowest BCUT2D eigenvalue weighted by molar-refractivity contribution is 0.590. The standard InChI is InChI=1S/C17H12F2N4/c1-10(15-4-2-3-5-21-15)23-16-11(8-20)9-22-17-13(16)6-12(18)7-14(17)19/h2-7,9-10H,1H3,(H,22,23)/t10-/m0/s1. The molecule has 0 fully saturated rings. The maximum atomic E-state index is 13.9. The number of halogens is 2. The summed E-state index contributed by atoms with van der Waals surface area (Å²) in [4.78, 5) is 8.15. The van der Waals surface area contributed by atoms with E-state index in [1.807, 2.05) is 25.1 Å². The van der Waals surface area contributed by atoms with Gasteiger partial charge in [0.25, 0.3) is 0 Å². The Morgan fingerprint density at radius 2 is 2.04 bits per heavy atom. The number of nitriles is 1. The Morgan fingerprint density at radius 3 is 2.74 bits per heavy atom. The molecule has 0 unspecified atom stereocenters. The molecule has 0 radical (unpaired) electrons. The van der Waals surface area contributed by atoms with Gasteiger partial charge in [-0.15, -0.1) is 0 Å². The molecule has 0 aliphatic rings. The number of anilines is 1. The molecule has 6 heteroatoms. The van der Waals surface area contributed by atoms with Gasteiger partial charge in [0.15, 0.2) is 5.82 Å². The van der Waals surface area contributed by atoms with Crippen molar-refractivity contribution in [3.05, 3.63) is 65.6 Å². The first-order chi connectivity index (χ1) is 11.1. The molecule has 0 saturated heterocycles. The van der Waals surface area contributed by atoms with E-state index in [4.69, 9.17) is 0 Å². The zero-order chi connectivity index (χ0) is 16.4. The Labute approximate surface area is 131 Å². The molecule has 3 rings (SSSR count). The lowest BCUT2D eigenvalue weighted by atomic mass is 10.1. The van der Waals surface area contributed by atoms with Crippen molar-refractivity contribution in [1.82, 2.24) is 9.97 Å². The second-order valence-corrected chi connectivity index (χ2v) is 5.06. The van der Waals surface area contributed by atoms with E-state index in [9.17, 15) is 14.0 Å². The number of pyridine rings is 2. The van der Waals surface area contributed by atoms with Crippen LogP contribution in [0.4, 0.5) is 14.5 Å². The Hall–Kier alpha value is -3.07. The third-order valence-corrected chi connectivity index (χ3v) is 3.50. The van der Waals surface area contributed by atoms with Crippen molar-refractivity contribution >= 4 is 16.6 Å². The molecule has 1 atom stereocenters. The highest BCUT2D eigenvalue weighted by atomic mass is 19.1. The monoisotopic (exact) mass is 310 g/mol. The first kappa shape index (κ1) is 14.9. The first-order valence-corrected chi connectivity index (χ1v) is 6.95. The fourth-order valence-corrected chi connectivity index (χ4v) is 2.39. The van der Waals surface area contributed by atoms with Gasteiger partial charge in [0.1, 0.15) is 17.4 Å². The summed E-state index contributed by atoms with van der Waals surface area (Å²) < 4.78 is 27.5. The number of hydrogen-bond donors (Lipinski definition) is 1. The second kappa shape index (κ2) is 5.97. The molecule has 0 saturated carbocycles. The molecule has 1 aromatic carbocycles. The topological polar surface area (TPSA) is 61.6 Å². The number of hydrogen-bond acceptors (Lipinski definition) is 4. The summed E-state index contributed by atoms with van der Waals surface area (Å²) in [5.74, 6) is -1.49. The van der Waals surface area contributed by atoms with Crippen LogP contribution in [0.1, 0.15) is 24.2 Å². The van der Waals surface area contributed by atoms with Gasteiger partial charge in [0.05, 0.1) is 23.0 Å². The van der Waals surface area contributed by atoms with E-state index in [0.717, 1.165) is 11.8 Å². The lowest BCUT2D eigenvalue weighted by Crippen LogP contribution is -2.10. The predicted molar refractivity (Wildman–Crippen MR) is 82.6 cm³/mol. The number of benzene rings is 1. The van der Waals surface area contributed by atoms with Crippen molar-refractivity contribution in [3.63, 3.8) is 0 Å². The predicted octanol–water partition coefficient (Wildman–Crippen LogP) is 3.95. The molecule has 1 N–H and O–H groups in total. The van der Waals surface area contributed by atoms with Crippen LogP contribution in [-0.4, -0.2) is 9.97 Å². The third-order valence-electron chi connectivity index (χ3n) is 3.50. The maximum Gasteiger partial charge on any atom is 0.152 e. The molecule has 0 aliphatic carbocycles. The van der Waals surface area contributed by atoms with Crippen molar-refractivity contribution in [2.45, 2.75) is 13.0 Å². The Balaban J connectivity index is 2.14. The molecule has 3 aromatic rings. The van der Waals surface area contributed by atoms with E-state index in [1.165, 1.54) is 12.3 Å². The summed E-state index contributed by atoms with van der Waals surface area (Å²) >= 11 is 0. The van der Waals surface area contributed by atoms with Gasteiger partial charge in [0, 0.05) is 23.8 Å². The van der Waals surface area contributed by atoms with E-state index in [0.29, 0.717) is 5.69 Å². The first-order valence-electron chi connectivity index (χ1n) is 6.95. The van der Waals surface area contributed by atoms with E-state index in [-0.39, 0.29) is 22.5 Å². The van der Waals surface area contributed by atoms with Crippen LogP contribution in [0.2, 0.25) is 0 Å². The molecule has 114 valence electrons. The molecular formula is C17H12F2N4. The molecule has 2 aromatic heterocycles. The zero-order valence-electron chi connectivity index (χ0n) is 12.2. The van der Waals surface area contributed by atoms with Gasteiger partial charge >= 0.3 is 0 Å². The Bertz CT molecular complexity index is 904. The van der Waals surface area contributed by atoms with Crippen LogP contribution in [0.5, 0.6) is 0 Å². The summed E-state index contributed by atoms with van der Waals surface area (Å²) in [6, 6.07) is 9.15. The number of aromatic nitrogens is 2. The van der Waals surface area contributed by atoms with E-state index in [2.05, 4.69) is 15.3 Å². The fraction of sp³-hybridized carbons (Fsp3) is 0.118. The highest BCUT2D eigenvalue weighted by Crippen LogP contribution is 2.30. The van der Waals surface area contributed by atoms with Gasteiger partial charge in [-0.25, -0.2) is 8.78 Å². The van der Waals surface area contributed by atoms with Gasteiger partial charge in [0.2, 0.25) is 0 Å². The largest absolute Gasteiger partial charge is 0.375 e. The van der Waals surface area contributed by atoms with E-state index < -0.39 is 11.6 Å². The van der Waals surface area contributed by atoms with Gasteiger partial charge in [-0.2, -0.15) is 5.26 Å². The van der Waals surface area contributed by atoms with E-state index >= 15 is 0 Å². The Kier molecular flexibility index (Phi) is 3.85. The van der Waals surface area contributed by atoms with Crippen LogP contribution >= 0.6 is 0 Å². The number of fused-ring (bicyclic) bond motifs is 1. The zero-order valence-corrected chi connectivity index (χ0v) is 12.2. The fourth-order valence-electron chi connectivity index (χ4n) is 2.39. The summed E-state index contributed by atoms with van der Waals surface area (Å²) in [5, 5.41) is 12.6. The highest BCUT2D eigenvalue weighted by molar-refractivity contribution is 5.94. The van der Waals surface area contributed by atoms with Crippen LogP contribution in [0.3, 0.4) is 0 Å². The Morgan fingerprint density at radius 1 is 1.22 bits per heavy atom. The van der Waals surface area contributed by atoms with Crippen LogP contribution in [0.15, 0.2) is 42.7 Å². The minimum absolute atomic E-state index is 0.0149. The summed E-state index contributed by atoms with van der Waals surface area (Å²) in [6.07, 6.45) is 2.93. The average molecular weight is 310 g/mol. The molecule has 23 heavy (non-hydrogen) atoms. The normalized spacial score (nSPS) is 11.9. The summed E-state index contributed by atoms with van der Waals surface area (Å²) in [6.45, 7) is 1.85. The van der Waals surface area contributed by atoms with Crippen LogP contribution in [-0.2, 0) is 0 Å². The summed E-state index contributed by atoms with van der Waals surface area (Å²) in [5.41, 5.74) is 1.32. The SMILES string of the molecule is C[C@H](Nc1c(C#N)cnc2c(F)cc(F)cc12)c1ccccn1.